The first-order valence-corrected chi connectivity index (χ1v) is 12.6. The van der Waals surface area contributed by atoms with Gasteiger partial charge in [0.1, 0.15) is 5.69 Å². The Hall–Kier alpha value is -1.41. The van der Waals surface area contributed by atoms with E-state index >= 15 is 0 Å². The van der Waals surface area contributed by atoms with E-state index in [0.717, 1.165) is 18.2 Å². The van der Waals surface area contributed by atoms with Gasteiger partial charge in [0, 0.05) is 33.0 Å². The molecule has 5 aromatic carbocycles. The molecule has 18 heteroatoms. The summed E-state index contributed by atoms with van der Waals surface area (Å²) in [4.78, 5) is 22.8. The van der Waals surface area contributed by atoms with Crippen molar-refractivity contribution < 1.29 is 159 Å². The molecule has 0 spiro atoms. The molecule has 13 nitrogen and oxygen atoms in total. The molecule has 0 amide bonds. The maximum atomic E-state index is 11.3. The van der Waals surface area contributed by atoms with Crippen LogP contribution in [0.25, 0.3) is 21.5 Å². The molecule has 0 atom stereocenters. The van der Waals surface area contributed by atoms with E-state index in [0.29, 0.717) is 50.6 Å². The number of azo groups is 2. The topological polar surface area (TPSA) is 217 Å². The number of nitrogen functional groups attached to an aromatic ring is 1. The number of phenolic OH excluding ortho intramolecular Hbond substituents is 1. The Kier molecular flexibility index (Phi) is 18.1. The Morgan fingerprint density at radius 3 is 1.85 bits per heavy atom. The van der Waals surface area contributed by atoms with E-state index in [1.54, 1.807) is 60.7 Å². The van der Waals surface area contributed by atoms with Crippen molar-refractivity contribution in [3.63, 3.8) is 0 Å². The molecule has 0 saturated carbocycles. The van der Waals surface area contributed by atoms with Crippen molar-refractivity contribution in [2.45, 2.75) is 4.90 Å². The van der Waals surface area contributed by atoms with E-state index in [1.807, 2.05) is 0 Å². The number of nitrogens with two attached hydrogens (primary N) is 1. The average Bonchev–Trinajstić information content (AvgIpc) is 2.99. The van der Waals surface area contributed by atoms with Gasteiger partial charge in [0.25, 0.3) is 0 Å². The third-order valence-corrected chi connectivity index (χ3v) is 6.64. The fourth-order valence-corrected chi connectivity index (χ4v) is 4.62. The number of phenols is 1. The zero-order valence-electron chi connectivity index (χ0n) is 26.1. The molecule has 212 valence electrons. The minimum absolute atomic E-state index is 0. The SMILES string of the molecule is Nc1ccc2cc(SOO[O-])c(N=Nc3ccc(N=Nc4cc(C(=O)[O-])cc(C(=O)[O-])c4)c4ccccc34)c(O)c2c1.[H-].[Na+].[Na+].[Na+].[Na+]. The Labute approximate surface area is 355 Å². The van der Waals surface area contributed by atoms with Crippen molar-refractivity contribution in [1.29, 1.82) is 0 Å². The molecule has 0 radical (unpaired) electrons. The van der Waals surface area contributed by atoms with Gasteiger partial charge in [-0.25, -0.2) is 0 Å². The van der Waals surface area contributed by atoms with Crippen molar-refractivity contribution in [1.82, 2.24) is 0 Å². The van der Waals surface area contributed by atoms with E-state index in [1.165, 1.54) is 0 Å². The van der Waals surface area contributed by atoms with Crippen LogP contribution in [0.2, 0.25) is 0 Å². The van der Waals surface area contributed by atoms with Crippen molar-refractivity contribution in [3.8, 4) is 5.75 Å². The number of hydrogen-bond acceptors (Lipinski definition) is 14. The molecule has 46 heavy (non-hydrogen) atoms. The minimum Gasteiger partial charge on any atom is -1.00 e. The summed E-state index contributed by atoms with van der Waals surface area (Å²) in [7, 11) is 0. The van der Waals surface area contributed by atoms with Gasteiger partial charge in [-0.3, -0.25) is 5.04 Å². The van der Waals surface area contributed by atoms with E-state index in [2.05, 4.69) is 29.8 Å². The predicted molar refractivity (Wildman–Crippen MR) is 147 cm³/mol. The van der Waals surface area contributed by atoms with Crippen LogP contribution in [-0.2, 0) is 9.37 Å². The van der Waals surface area contributed by atoms with Crippen molar-refractivity contribution in [2.75, 3.05) is 5.73 Å². The molecule has 5 aromatic rings. The van der Waals surface area contributed by atoms with Crippen LogP contribution in [-0.4, -0.2) is 17.0 Å². The number of hydrogen-bond donors (Lipinski definition) is 2. The largest absolute Gasteiger partial charge is 1.00 e. The number of anilines is 1. The molecule has 0 bridgehead atoms. The summed E-state index contributed by atoms with van der Waals surface area (Å²) in [5, 5.41) is 66.4. The third-order valence-electron chi connectivity index (χ3n) is 6.03. The molecule has 0 heterocycles. The number of rotatable bonds is 9. The molecule has 0 aliphatic carbocycles. The van der Waals surface area contributed by atoms with Gasteiger partial charge in [-0.1, -0.05) is 30.3 Å². The van der Waals surface area contributed by atoms with E-state index in [-0.39, 0.29) is 142 Å². The smallest absolute Gasteiger partial charge is 1.00 e. The Balaban J connectivity index is 0.00000423. The van der Waals surface area contributed by atoms with Crippen LogP contribution < -0.4 is 139 Å². The van der Waals surface area contributed by atoms with Crippen molar-refractivity contribution in [3.05, 3.63) is 90.0 Å². The van der Waals surface area contributed by atoms with Crippen LogP contribution in [0.4, 0.5) is 28.4 Å². The number of fused-ring (bicyclic) bond motifs is 2. The number of carbonyl (C=O) groups is 2. The van der Waals surface area contributed by atoms with Crippen LogP contribution in [0.1, 0.15) is 22.1 Å². The Bertz CT molecular complexity index is 1920. The number of carboxylic acid groups (broad SMARTS) is 2. The number of carbonyl (C=O) groups excluding carboxylic acids is 2. The first kappa shape index (κ1) is 42.6. The molecule has 3 N–H and O–H groups in total. The Morgan fingerprint density at radius 1 is 0.739 bits per heavy atom. The minimum atomic E-state index is -1.58. The van der Waals surface area contributed by atoms with Gasteiger partial charge in [-0.2, -0.15) is 9.45 Å². The summed E-state index contributed by atoms with van der Waals surface area (Å²) in [6, 6.07) is 19.8. The molecule has 0 aromatic heterocycles. The number of aromatic carboxylic acids is 2. The molecule has 5 rings (SSSR count). The number of aromatic hydroxyl groups is 1. The molecule has 0 aliphatic heterocycles. The standard InChI is InChI=1S/C28H19N5O8S.4Na.H/c29-17-6-5-14-12-24(42-41-40-39)25(26(34)21(14)13-17)33-32-23-8-7-22(19-3-1-2-4-20(19)23)31-30-18-10-15(27(35)36)9-16(11-18)28(37)38;;;;;/h1-13,34,39H,29H2,(H,35,36)(H,37,38);;;;;/q;4*+1;-1/p-3. The van der Waals surface area contributed by atoms with Gasteiger partial charge in [-0.15, -0.1) is 15.3 Å². The molecule has 0 aliphatic rings. The average molecular weight is 675 g/mol. The maximum Gasteiger partial charge on any atom is 1.00 e. The third kappa shape index (κ3) is 10.1. The normalized spacial score (nSPS) is 10.6. The van der Waals surface area contributed by atoms with Gasteiger partial charge in [0.2, 0.25) is 0 Å². The fraction of sp³-hybridized carbons (Fsp3) is 0. The summed E-state index contributed by atoms with van der Waals surface area (Å²) in [5.74, 6) is -3.40. The van der Waals surface area contributed by atoms with Crippen LogP contribution >= 0.6 is 12.0 Å². The van der Waals surface area contributed by atoms with Crippen molar-refractivity contribution in [2.24, 2.45) is 20.5 Å². The summed E-state index contributed by atoms with van der Waals surface area (Å²) in [6.07, 6.45) is 0. The molecule has 0 unspecified atom stereocenters. The van der Waals surface area contributed by atoms with Gasteiger partial charge < -0.3 is 37.3 Å². The number of benzene rings is 5. The zero-order chi connectivity index (χ0) is 29.8. The van der Waals surface area contributed by atoms with Gasteiger partial charge >= 0.3 is 118 Å². The first-order valence-electron chi connectivity index (χ1n) is 11.9. The first-order chi connectivity index (χ1) is 20.2. The van der Waals surface area contributed by atoms with Crippen LogP contribution in [0.3, 0.4) is 0 Å². The van der Waals surface area contributed by atoms with Gasteiger partial charge in [0.05, 0.1) is 45.9 Å². The van der Waals surface area contributed by atoms with Gasteiger partial charge in [-0.05, 0) is 53.9 Å². The molecular formula is C28H17N5Na4O8S. The van der Waals surface area contributed by atoms with Crippen LogP contribution in [0.15, 0.2) is 104 Å². The Morgan fingerprint density at radius 2 is 1.30 bits per heavy atom. The zero-order valence-corrected chi connectivity index (χ0v) is 33.9. The predicted octanol–water partition coefficient (Wildman–Crippen LogP) is -7.80. The number of nitrogens with zero attached hydrogens (tertiary/aromatic N) is 4. The maximum absolute atomic E-state index is 11.3. The van der Waals surface area contributed by atoms with Crippen LogP contribution in [0, 0.1) is 0 Å². The molecule has 0 fully saturated rings. The quantitative estimate of drug-likeness (QED) is 0.0376. The summed E-state index contributed by atoms with van der Waals surface area (Å²) < 4.78 is 4.46. The second-order valence-electron chi connectivity index (χ2n) is 8.66. The van der Waals surface area contributed by atoms with Crippen LogP contribution in [0.5, 0.6) is 5.75 Å². The number of carboxylic acids is 2. The molecule has 0 saturated heterocycles. The van der Waals surface area contributed by atoms with E-state index in [9.17, 15) is 30.2 Å². The van der Waals surface area contributed by atoms with E-state index in [4.69, 9.17) is 5.73 Å². The molecular weight excluding hydrogens is 658 g/mol. The van der Waals surface area contributed by atoms with Gasteiger partial charge in [0.15, 0.2) is 5.75 Å². The van der Waals surface area contributed by atoms with E-state index < -0.39 is 23.1 Å². The second-order valence-corrected chi connectivity index (χ2v) is 9.41. The summed E-state index contributed by atoms with van der Waals surface area (Å²) in [5.41, 5.74) is 6.21. The summed E-state index contributed by atoms with van der Waals surface area (Å²) in [6.45, 7) is 0. The van der Waals surface area contributed by atoms with Crippen molar-refractivity contribution >= 4 is 74.0 Å². The monoisotopic (exact) mass is 675 g/mol. The second kappa shape index (κ2) is 19.6. The fourth-order valence-electron chi connectivity index (χ4n) is 4.13. The summed E-state index contributed by atoms with van der Waals surface area (Å²) >= 11 is 0.543.